The topological polar surface area (TPSA) is 82.2 Å². The Morgan fingerprint density at radius 2 is 2.12 bits per heavy atom. The summed E-state index contributed by atoms with van der Waals surface area (Å²) in [6.45, 7) is 5.84. The smallest absolute Gasteiger partial charge is 0.241 e. The molecule has 140 valence electrons. The number of nitrogens with one attached hydrogen (secondary N) is 1. The van der Waals surface area contributed by atoms with Crippen LogP contribution in [0.25, 0.3) is 0 Å². The van der Waals surface area contributed by atoms with E-state index in [2.05, 4.69) is 48.5 Å². The molecule has 0 aliphatic carbocycles. The van der Waals surface area contributed by atoms with Gasteiger partial charge in [0.15, 0.2) is 0 Å². The molecule has 0 spiro atoms. The Morgan fingerprint density at radius 1 is 1.35 bits per heavy atom. The van der Waals surface area contributed by atoms with Crippen LogP contribution >= 0.6 is 0 Å². The number of hydrogen-bond donors (Lipinski definition) is 2. The number of amides is 1. The molecule has 1 amide bonds. The molecule has 2 heterocycles. The van der Waals surface area contributed by atoms with Crippen LogP contribution in [0, 0.1) is 0 Å². The summed E-state index contributed by atoms with van der Waals surface area (Å²) in [4.78, 5) is 12.2. The molecule has 2 aromatic rings. The third-order valence-corrected chi connectivity index (χ3v) is 5.11. The fraction of sp³-hybridized carbons (Fsp3) is 0.500. The minimum absolute atomic E-state index is 0.0203. The van der Waals surface area contributed by atoms with Gasteiger partial charge in [0.05, 0.1) is 17.5 Å². The first kappa shape index (κ1) is 18.5. The summed E-state index contributed by atoms with van der Waals surface area (Å²) in [7, 11) is 0. The van der Waals surface area contributed by atoms with E-state index in [4.69, 9.17) is 10.5 Å². The summed E-state index contributed by atoms with van der Waals surface area (Å²) >= 11 is 0. The number of ether oxygens (including phenoxy) is 1. The van der Waals surface area contributed by atoms with Gasteiger partial charge in [0.2, 0.25) is 5.91 Å². The first-order chi connectivity index (χ1) is 12.4. The Balaban J connectivity index is 1.64. The number of anilines is 1. The summed E-state index contributed by atoms with van der Waals surface area (Å²) in [6.07, 6.45) is 5.99. The van der Waals surface area contributed by atoms with Gasteiger partial charge in [0, 0.05) is 24.8 Å². The second kappa shape index (κ2) is 7.50. The van der Waals surface area contributed by atoms with Gasteiger partial charge in [0.1, 0.15) is 6.54 Å². The van der Waals surface area contributed by atoms with E-state index in [1.54, 1.807) is 17.1 Å². The molecule has 3 N–H and O–H groups in total. The zero-order valence-electron chi connectivity index (χ0n) is 15.6. The van der Waals surface area contributed by atoms with Crippen LogP contribution in [0.15, 0.2) is 42.7 Å². The maximum absolute atomic E-state index is 12.2. The van der Waals surface area contributed by atoms with Crippen molar-refractivity contribution in [1.29, 1.82) is 0 Å². The SMILES string of the molecule is CC1(C)C[C@@](CCNC(=O)Cn2cc(N)cn2)(c2ccccc2)CCO1. The molecule has 1 aliphatic rings. The molecule has 1 aromatic heterocycles. The third-order valence-electron chi connectivity index (χ3n) is 5.11. The number of aromatic nitrogens is 2. The van der Waals surface area contributed by atoms with Crippen LogP contribution in [0.5, 0.6) is 0 Å². The third kappa shape index (κ3) is 4.43. The average Bonchev–Trinajstić information content (AvgIpc) is 2.99. The van der Waals surface area contributed by atoms with Crippen LogP contribution in [-0.2, 0) is 21.5 Å². The molecule has 0 saturated carbocycles. The maximum Gasteiger partial charge on any atom is 0.241 e. The van der Waals surface area contributed by atoms with Gasteiger partial charge in [-0.05, 0) is 38.7 Å². The highest BCUT2D eigenvalue weighted by atomic mass is 16.5. The van der Waals surface area contributed by atoms with Gasteiger partial charge in [0.25, 0.3) is 0 Å². The van der Waals surface area contributed by atoms with Crippen molar-refractivity contribution >= 4 is 11.6 Å². The van der Waals surface area contributed by atoms with Gasteiger partial charge in [-0.1, -0.05) is 30.3 Å². The van der Waals surface area contributed by atoms with Crippen molar-refractivity contribution in [1.82, 2.24) is 15.1 Å². The number of nitrogens with two attached hydrogens (primary N) is 1. The first-order valence-electron chi connectivity index (χ1n) is 9.13. The second-order valence-corrected chi connectivity index (χ2v) is 7.75. The number of benzene rings is 1. The molecule has 6 heteroatoms. The number of nitrogen functional groups attached to an aromatic ring is 1. The van der Waals surface area contributed by atoms with Gasteiger partial charge in [-0.3, -0.25) is 9.48 Å². The second-order valence-electron chi connectivity index (χ2n) is 7.75. The standard InChI is InChI=1S/C20H28N4O2/c1-19(2)15-20(9-11-26-19,16-6-4-3-5-7-16)8-10-22-18(25)14-24-13-17(21)12-23-24/h3-7,12-13H,8-11,14-15,21H2,1-2H3,(H,22,25)/t20-/m0/s1. The van der Waals surface area contributed by atoms with E-state index in [-0.39, 0.29) is 23.5 Å². The molecular formula is C20H28N4O2. The number of nitrogens with zero attached hydrogens (tertiary/aromatic N) is 2. The average molecular weight is 356 g/mol. The molecule has 1 aliphatic heterocycles. The quantitative estimate of drug-likeness (QED) is 0.833. The van der Waals surface area contributed by atoms with Crippen LogP contribution in [0.3, 0.4) is 0 Å². The molecule has 1 fully saturated rings. The fourth-order valence-corrected chi connectivity index (χ4v) is 3.98. The summed E-state index contributed by atoms with van der Waals surface area (Å²) in [6, 6.07) is 10.6. The van der Waals surface area contributed by atoms with E-state index in [0.29, 0.717) is 12.2 Å². The number of rotatable bonds is 6. The van der Waals surface area contributed by atoms with E-state index >= 15 is 0 Å². The van der Waals surface area contributed by atoms with Crippen molar-refractivity contribution < 1.29 is 9.53 Å². The highest BCUT2D eigenvalue weighted by Gasteiger charge is 2.41. The molecule has 26 heavy (non-hydrogen) atoms. The predicted octanol–water partition coefficient (Wildman–Crippen LogP) is 2.50. The summed E-state index contributed by atoms with van der Waals surface area (Å²) < 4.78 is 7.49. The van der Waals surface area contributed by atoms with Gasteiger partial charge < -0.3 is 15.8 Å². The summed E-state index contributed by atoms with van der Waals surface area (Å²) in [5.41, 5.74) is 7.38. The zero-order valence-corrected chi connectivity index (χ0v) is 15.6. The Morgan fingerprint density at radius 3 is 2.77 bits per heavy atom. The lowest BCUT2D eigenvalue weighted by Crippen LogP contribution is -2.45. The first-order valence-corrected chi connectivity index (χ1v) is 9.13. The van der Waals surface area contributed by atoms with Crippen molar-refractivity contribution in [3.8, 4) is 0 Å². The number of hydrogen-bond acceptors (Lipinski definition) is 4. The Hall–Kier alpha value is -2.34. The molecule has 0 bridgehead atoms. The van der Waals surface area contributed by atoms with Crippen LogP contribution < -0.4 is 11.1 Å². The van der Waals surface area contributed by atoms with Crippen molar-refractivity contribution in [2.24, 2.45) is 0 Å². The van der Waals surface area contributed by atoms with Gasteiger partial charge in [-0.25, -0.2) is 0 Å². The van der Waals surface area contributed by atoms with E-state index < -0.39 is 0 Å². The van der Waals surface area contributed by atoms with Gasteiger partial charge in [-0.2, -0.15) is 5.10 Å². The van der Waals surface area contributed by atoms with Crippen LogP contribution in [0.4, 0.5) is 5.69 Å². The molecular weight excluding hydrogens is 328 g/mol. The van der Waals surface area contributed by atoms with E-state index in [0.717, 1.165) is 25.9 Å². The molecule has 1 atom stereocenters. The van der Waals surface area contributed by atoms with Crippen LogP contribution in [-0.4, -0.2) is 34.4 Å². The van der Waals surface area contributed by atoms with Crippen molar-refractivity contribution in [2.75, 3.05) is 18.9 Å². The monoisotopic (exact) mass is 356 g/mol. The van der Waals surface area contributed by atoms with Crippen molar-refractivity contribution in [2.45, 2.75) is 50.7 Å². The summed E-state index contributed by atoms with van der Waals surface area (Å²) in [5.74, 6) is -0.0531. The lowest BCUT2D eigenvalue weighted by molar-refractivity contribution is -0.122. The lowest BCUT2D eigenvalue weighted by atomic mass is 9.67. The molecule has 0 unspecified atom stereocenters. The highest BCUT2D eigenvalue weighted by Crippen LogP contribution is 2.43. The minimum atomic E-state index is -0.162. The van der Waals surface area contributed by atoms with E-state index in [1.165, 1.54) is 5.56 Å². The van der Waals surface area contributed by atoms with Crippen molar-refractivity contribution in [3.05, 3.63) is 48.3 Å². The number of carbonyl (C=O) groups is 1. The normalized spacial score (nSPS) is 22.1. The fourth-order valence-electron chi connectivity index (χ4n) is 3.98. The Labute approximate surface area is 154 Å². The van der Waals surface area contributed by atoms with E-state index in [9.17, 15) is 4.79 Å². The Bertz CT molecular complexity index is 741. The lowest BCUT2D eigenvalue weighted by Gasteiger charge is -2.45. The van der Waals surface area contributed by atoms with Crippen LogP contribution in [0.1, 0.15) is 38.7 Å². The molecule has 0 radical (unpaired) electrons. The van der Waals surface area contributed by atoms with Gasteiger partial charge >= 0.3 is 0 Å². The van der Waals surface area contributed by atoms with E-state index in [1.807, 2.05) is 6.07 Å². The zero-order chi connectivity index (χ0) is 18.6. The van der Waals surface area contributed by atoms with Crippen LogP contribution in [0.2, 0.25) is 0 Å². The predicted molar refractivity (Wildman–Crippen MR) is 102 cm³/mol. The van der Waals surface area contributed by atoms with Crippen molar-refractivity contribution in [3.63, 3.8) is 0 Å². The minimum Gasteiger partial charge on any atom is -0.396 e. The van der Waals surface area contributed by atoms with Gasteiger partial charge in [-0.15, -0.1) is 0 Å². The maximum atomic E-state index is 12.2. The molecule has 6 nitrogen and oxygen atoms in total. The highest BCUT2D eigenvalue weighted by molar-refractivity contribution is 5.75. The molecule has 1 saturated heterocycles. The molecule has 3 rings (SSSR count). The molecule has 1 aromatic carbocycles. The number of carbonyl (C=O) groups excluding carboxylic acids is 1. The summed E-state index contributed by atoms with van der Waals surface area (Å²) in [5, 5.41) is 7.08. The Kier molecular flexibility index (Phi) is 5.32. The largest absolute Gasteiger partial charge is 0.396 e.